The Morgan fingerprint density at radius 2 is 2.47 bits per heavy atom. The van der Waals surface area contributed by atoms with Gasteiger partial charge in [-0.3, -0.25) is 4.79 Å². The maximum Gasteiger partial charge on any atom is 0.140 e. The Morgan fingerprint density at radius 3 is 3.07 bits per heavy atom. The average Bonchev–Trinajstić information content (AvgIpc) is 2.85. The molecule has 3 nitrogen and oxygen atoms in total. The third-order valence-corrected chi connectivity index (χ3v) is 3.76. The summed E-state index contributed by atoms with van der Waals surface area (Å²) in [5.74, 6) is 0.419. The number of Topliss-reactive ketones (excluding diaryl/α,β-unsaturated/α-hetero) is 1. The molecule has 3 heteroatoms. The second kappa shape index (κ2) is 4.62. The van der Waals surface area contributed by atoms with E-state index in [9.17, 15) is 4.79 Å². The van der Waals surface area contributed by atoms with Crippen molar-refractivity contribution in [1.29, 1.82) is 0 Å². The molecule has 1 N–H and O–H groups in total. The van der Waals surface area contributed by atoms with Gasteiger partial charge in [-0.05, 0) is 32.2 Å². The van der Waals surface area contributed by atoms with E-state index in [0.29, 0.717) is 18.3 Å². The van der Waals surface area contributed by atoms with Gasteiger partial charge in [-0.1, -0.05) is 6.92 Å². The molecule has 2 heterocycles. The van der Waals surface area contributed by atoms with Crippen LogP contribution in [0.3, 0.4) is 0 Å². The Kier molecular flexibility index (Phi) is 3.42. The van der Waals surface area contributed by atoms with E-state index in [-0.39, 0.29) is 5.41 Å². The van der Waals surface area contributed by atoms with Crippen LogP contribution in [0.4, 0.5) is 0 Å². The van der Waals surface area contributed by atoms with Crippen molar-refractivity contribution in [3.63, 3.8) is 0 Å². The van der Waals surface area contributed by atoms with E-state index >= 15 is 0 Å². The lowest BCUT2D eigenvalue weighted by molar-refractivity contribution is -0.127. The van der Waals surface area contributed by atoms with Gasteiger partial charge in [0.1, 0.15) is 5.78 Å². The molecule has 0 aromatic carbocycles. The molecule has 0 radical (unpaired) electrons. The van der Waals surface area contributed by atoms with Crippen molar-refractivity contribution >= 4 is 5.78 Å². The summed E-state index contributed by atoms with van der Waals surface area (Å²) in [6, 6.07) is 0. The Bertz CT molecular complexity index is 228. The second-order valence-electron chi connectivity index (χ2n) is 5.08. The summed E-state index contributed by atoms with van der Waals surface area (Å²) in [4.78, 5) is 12.0. The fourth-order valence-electron chi connectivity index (χ4n) is 2.52. The molecule has 15 heavy (non-hydrogen) atoms. The Balaban J connectivity index is 1.76. The molecule has 0 bridgehead atoms. The first-order valence-electron chi connectivity index (χ1n) is 6.06. The smallest absolute Gasteiger partial charge is 0.140 e. The maximum absolute atomic E-state index is 12.0. The minimum absolute atomic E-state index is 0.0986. The molecule has 86 valence electrons. The predicted molar refractivity (Wildman–Crippen MR) is 58.8 cm³/mol. The van der Waals surface area contributed by atoms with E-state index in [2.05, 4.69) is 12.2 Å². The monoisotopic (exact) mass is 211 g/mol. The van der Waals surface area contributed by atoms with Crippen LogP contribution < -0.4 is 5.32 Å². The van der Waals surface area contributed by atoms with Gasteiger partial charge in [-0.15, -0.1) is 0 Å². The van der Waals surface area contributed by atoms with Crippen molar-refractivity contribution in [1.82, 2.24) is 5.32 Å². The van der Waals surface area contributed by atoms with Crippen molar-refractivity contribution in [2.24, 2.45) is 5.41 Å². The van der Waals surface area contributed by atoms with Crippen LogP contribution in [0.5, 0.6) is 0 Å². The molecule has 2 atom stereocenters. The quantitative estimate of drug-likeness (QED) is 0.766. The van der Waals surface area contributed by atoms with Gasteiger partial charge in [0.05, 0.1) is 6.10 Å². The number of ketones is 1. The van der Waals surface area contributed by atoms with Crippen molar-refractivity contribution in [2.75, 3.05) is 19.7 Å². The summed E-state index contributed by atoms with van der Waals surface area (Å²) >= 11 is 0. The summed E-state index contributed by atoms with van der Waals surface area (Å²) < 4.78 is 5.53. The molecule has 2 aliphatic heterocycles. The molecule has 2 aliphatic rings. The van der Waals surface area contributed by atoms with Gasteiger partial charge in [-0.2, -0.15) is 0 Å². The van der Waals surface area contributed by atoms with E-state index < -0.39 is 0 Å². The van der Waals surface area contributed by atoms with Crippen molar-refractivity contribution in [3.05, 3.63) is 0 Å². The molecule has 2 rings (SSSR count). The van der Waals surface area contributed by atoms with E-state index in [1.165, 1.54) is 0 Å². The number of hydrogen-bond donors (Lipinski definition) is 1. The zero-order valence-electron chi connectivity index (χ0n) is 9.55. The predicted octanol–water partition coefficient (Wildman–Crippen LogP) is 1.51. The molecule has 0 aromatic heterocycles. The number of rotatable bonds is 4. The van der Waals surface area contributed by atoms with Crippen LogP contribution in [0.1, 0.15) is 39.0 Å². The summed E-state index contributed by atoms with van der Waals surface area (Å²) in [5.41, 5.74) is -0.0986. The first-order chi connectivity index (χ1) is 7.21. The topological polar surface area (TPSA) is 38.3 Å². The average molecular weight is 211 g/mol. The normalized spacial score (nSPS) is 35.9. The van der Waals surface area contributed by atoms with Gasteiger partial charge >= 0.3 is 0 Å². The van der Waals surface area contributed by atoms with Crippen LogP contribution in [-0.4, -0.2) is 31.6 Å². The fraction of sp³-hybridized carbons (Fsp3) is 0.917. The lowest BCUT2D eigenvalue weighted by atomic mass is 9.82. The van der Waals surface area contributed by atoms with Gasteiger partial charge in [-0.25, -0.2) is 0 Å². The highest BCUT2D eigenvalue weighted by Gasteiger charge is 2.35. The zero-order valence-corrected chi connectivity index (χ0v) is 9.55. The summed E-state index contributed by atoms with van der Waals surface area (Å²) in [6.45, 7) is 4.82. The number of hydrogen-bond acceptors (Lipinski definition) is 3. The Morgan fingerprint density at radius 1 is 1.60 bits per heavy atom. The number of ether oxygens (including phenoxy) is 1. The summed E-state index contributed by atoms with van der Waals surface area (Å²) in [6.07, 6.45) is 5.28. The minimum Gasteiger partial charge on any atom is -0.378 e. The lowest BCUT2D eigenvalue weighted by Gasteiger charge is -2.21. The first kappa shape index (κ1) is 11.1. The van der Waals surface area contributed by atoms with Gasteiger partial charge in [0.25, 0.3) is 0 Å². The highest BCUT2D eigenvalue weighted by Crippen LogP contribution is 2.28. The molecule has 2 unspecified atom stereocenters. The maximum atomic E-state index is 12.0. The third-order valence-electron chi connectivity index (χ3n) is 3.76. The van der Waals surface area contributed by atoms with E-state index in [1.54, 1.807) is 0 Å². The third kappa shape index (κ3) is 2.58. The van der Waals surface area contributed by atoms with Crippen LogP contribution in [0.25, 0.3) is 0 Å². The van der Waals surface area contributed by atoms with Crippen LogP contribution >= 0.6 is 0 Å². The van der Waals surface area contributed by atoms with Crippen LogP contribution in [0.2, 0.25) is 0 Å². The van der Waals surface area contributed by atoms with Crippen molar-refractivity contribution in [2.45, 2.75) is 45.1 Å². The molecular weight excluding hydrogens is 190 g/mol. The molecule has 0 spiro atoms. The van der Waals surface area contributed by atoms with Crippen LogP contribution in [-0.2, 0) is 9.53 Å². The largest absolute Gasteiger partial charge is 0.378 e. The minimum atomic E-state index is -0.0986. The second-order valence-corrected chi connectivity index (χ2v) is 5.08. The first-order valence-corrected chi connectivity index (χ1v) is 6.06. The van der Waals surface area contributed by atoms with E-state index in [0.717, 1.165) is 45.4 Å². The van der Waals surface area contributed by atoms with Gasteiger partial charge in [0.15, 0.2) is 0 Å². The standard InChI is InChI=1S/C12H21NO2/c1-12(6-7-13-9-12)11(14)5-4-10-3-2-8-15-10/h10,13H,2-9H2,1H3. The molecule has 0 amide bonds. The number of carbonyl (C=O) groups is 1. The van der Waals surface area contributed by atoms with E-state index in [1.807, 2.05) is 0 Å². The van der Waals surface area contributed by atoms with Crippen molar-refractivity contribution < 1.29 is 9.53 Å². The van der Waals surface area contributed by atoms with Crippen molar-refractivity contribution in [3.8, 4) is 0 Å². The Labute approximate surface area is 91.6 Å². The lowest BCUT2D eigenvalue weighted by Crippen LogP contribution is -2.30. The Hall–Kier alpha value is -0.410. The highest BCUT2D eigenvalue weighted by atomic mass is 16.5. The molecule has 0 saturated carbocycles. The molecule has 2 fully saturated rings. The van der Waals surface area contributed by atoms with E-state index in [4.69, 9.17) is 4.74 Å². The molecule has 0 aliphatic carbocycles. The number of nitrogens with one attached hydrogen (secondary N) is 1. The molecule has 2 saturated heterocycles. The van der Waals surface area contributed by atoms with Gasteiger partial charge in [0, 0.05) is 25.0 Å². The van der Waals surface area contributed by atoms with Crippen LogP contribution in [0, 0.1) is 5.41 Å². The zero-order chi connectivity index (χ0) is 10.7. The SMILES string of the molecule is CC1(C(=O)CCC2CCCO2)CCNC1. The van der Waals surface area contributed by atoms with Gasteiger partial charge < -0.3 is 10.1 Å². The van der Waals surface area contributed by atoms with Crippen LogP contribution in [0.15, 0.2) is 0 Å². The highest BCUT2D eigenvalue weighted by molar-refractivity contribution is 5.85. The number of carbonyl (C=O) groups excluding carboxylic acids is 1. The molecule has 0 aromatic rings. The summed E-state index contributed by atoms with van der Waals surface area (Å²) in [7, 11) is 0. The molecular formula is C12H21NO2. The fourth-order valence-corrected chi connectivity index (χ4v) is 2.52. The summed E-state index contributed by atoms with van der Waals surface area (Å²) in [5, 5.41) is 3.27. The van der Waals surface area contributed by atoms with Gasteiger partial charge in [0.2, 0.25) is 0 Å².